The van der Waals surface area contributed by atoms with Crippen LogP contribution >= 0.6 is 0 Å². The number of hydrogen-bond acceptors (Lipinski definition) is 0. The zero-order valence-electron chi connectivity index (χ0n) is 18.8. The van der Waals surface area contributed by atoms with Crippen LogP contribution in [0.5, 0.6) is 0 Å². The van der Waals surface area contributed by atoms with Crippen LogP contribution in [0.15, 0.2) is 113 Å². The molecule has 32 heavy (non-hydrogen) atoms. The van der Waals surface area contributed by atoms with Gasteiger partial charge in [0.15, 0.2) is 0 Å². The third kappa shape index (κ3) is 7.59. The lowest BCUT2D eigenvalue weighted by molar-refractivity contribution is 1.58. The van der Waals surface area contributed by atoms with Crippen LogP contribution < -0.4 is 0 Å². The van der Waals surface area contributed by atoms with E-state index in [0.29, 0.717) is 0 Å². The number of benzene rings is 3. The smallest absolute Gasteiger partial charge is 0.0118 e. The molecule has 3 rings (SSSR count). The van der Waals surface area contributed by atoms with Gasteiger partial charge in [0, 0.05) is 0 Å². The van der Waals surface area contributed by atoms with E-state index in [0.717, 1.165) is 33.4 Å². The fourth-order valence-corrected chi connectivity index (χ4v) is 2.98. The van der Waals surface area contributed by atoms with Crippen LogP contribution in [-0.4, -0.2) is 0 Å². The molecule has 0 radical (unpaired) electrons. The molecule has 0 spiro atoms. The standard InChI is InChI=1S/2C12H12.C8H8/c2*1-4-10-8-7-9-11(5-2)12(10)6-3;1-2-8-6-4-3-5-7-8/h2*4-9H,1-3H2;2-7H,1H2. The highest BCUT2D eigenvalue weighted by Crippen LogP contribution is 2.19. The quantitative estimate of drug-likeness (QED) is 0.359. The van der Waals surface area contributed by atoms with Gasteiger partial charge in [0.2, 0.25) is 0 Å². The van der Waals surface area contributed by atoms with E-state index >= 15 is 0 Å². The fraction of sp³-hybridized carbons (Fsp3) is 0. The van der Waals surface area contributed by atoms with Gasteiger partial charge in [-0.05, 0) is 38.9 Å². The first-order valence-electron chi connectivity index (χ1n) is 10.3. The minimum Gasteiger partial charge on any atom is -0.0985 e. The lowest BCUT2D eigenvalue weighted by atomic mass is 10.0. The van der Waals surface area contributed by atoms with Gasteiger partial charge in [-0.1, -0.05) is 155 Å². The van der Waals surface area contributed by atoms with Crippen molar-refractivity contribution >= 4 is 42.5 Å². The summed E-state index contributed by atoms with van der Waals surface area (Å²) in [6.07, 6.45) is 12.8. The molecule has 0 aliphatic heterocycles. The Bertz CT molecular complexity index is 958. The zero-order chi connectivity index (χ0) is 23.8. The summed E-state index contributed by atoms with van der Waals surface area (Å²) < 4.78 is 0. The minimum absolute atomic E-state index is 1.10. The molecule has 0 bridgehead atoms. The number of hydrogen-bond donors (Lipinski definition) is 0. The van der Waals surface area contributed by atoms with Gasteiger partial charge in [-0.25, -0.2) is 0 Å². The second kappa shape index (κ2) is 14.8. The second-order valence-corrected chi connectivity index (χ2v) is 6.54. The van der Waals surface area contributed by atoms with Crippen molar-refractivity contribution in [3.05, 3.63) is 152 Å². The minimum atomic E-state index is 1.10. The van der Waals surface area contributed by atoms with Crippen molar-refractivity contribution in [2.75, 3.05) is 0 Å². The van der Waals surface area contributed by atoms with Crippen molar-refractivity contribution in [1.82, 2.24) is 0 Å². The topological polar surface area (TPSA) is 0 Å². The van der Waals surface area contributed by atoms with Crippen LogP contribution in [-0.2, 0) is 0 Å². The molecule has 0 saturated heterocycles. The maximum atomic E-state index is 3.75. The van der Waals surface area contributed by atoms with Gasteiger partial charge < -0.3 is 0 Å². The van der Waals surface area contributed by atoms with Crippen molar-refractivity contribution in [3.8, 4) is 0 Å². The monoisotopic (exact) mass is 416 g/mol. The van der Waals surface area contributed by atoms with E-state index in [4.69, 9.17) is 0 Å². The van der Waals surface area contributed by atoms with Crippen LogP contribution in [0.1, 0.15) is 38.9 Å². The van der Waals surface area contributed by atoms with Gasteiger partial charge in [-0.2, -0.15) is 0 Å². The van der Waals surface area contributed by atoms with Gasteiger partial charge in [0.05, 0.1) is 0 Å². The Morgan fingerprint density at radius 3 is 0.906 bits per heavy atom. The molecule has 0 aliphatic rings. The van der Waals surface area contributed by atoms with Gasteiger partial charge in [0.1, 0.15) is 0 Å². The summed E-state index contributed by atoms with van der Waals surface area (Å²) in [6, 6.07) is 22.0. The molecular weight excluding hydrogens is 384 g/mol. The van der Waals surface area contributed by atoms with E-state index < -0.39 is 0 Å². The highest BCUT2D eigenvalue weighted by Gasteiger charge is 1.98. The predicted octanol–water partition coefficient (Wildman–Crippen LogP) is 9.56. The largest absolute Gasteiger partial charge is 0.0985 e. The van der Waals surface area contributed by atoms with E-state index in [1.54, 1.807) is 0 Å². The second-order valence-electron chi connectivity index (χ2n) is 6.54. The normalized spacial score (nSPS) is 8.88. The Morgan fingerprint density at radius 2 is 0.688 bits per heavy atom. The van der Waals surface area contributed by atoms with E-state index in [9.17, 15) is 0 Å². The molecule has 3 aromatic rings. The van der Waals surface area contributed by atoms with E-state index in [1.165, 1.54) is 5.56 Å². The van der Waals surface area contributed by atoms with Gasteiger partial charge >= 0.3 is 0 Å². The Morgan fingerprint density at radius 1 is 0.344 bits per heavy atom. The van der Waals surface area contributed by atoms with Gasteiger partial charge in [0.25, 0.3) is 0 Å². The molecule has 0 saturated carbocycles. The lowest BCUT2D eigenvalue weighted by Crippen LogP contribution is -1.84. The molecule has 0 unspecified atom stereocenters. The lowest BCUT2D eigenvalue weighted by Gasteiger charge is -2.03. The Balaban J connectivity index is 0.000000245. The van der Waals surface area contributed by atoms with Crippen molar-refractivity contribution in [1.29, 1.82) is 0 Å². The summed E-state index contributed by atoms with van der Waals surface area (Å²) in [5.41, 5.74) is 7.77. The zero-order valence-corrected chi connectivity index (χ0v) is 18.8. The Labute approximate surface area is 194 Å². The van der Waals surface area contributed by atoms with E-state index in [-0.39, 0.29) is 0 Å². The van der Waals surface area contributed by atoms with Crippen molar-refractivity contribution in [2.45, 2.75) is 0 Å². The van der Waals surface area contributed by atoms with Crippen LogP contribution in [0, 0.1) is 0 Å². The molecule has 0 aromatic heterocycles. The molecule has 0 fully saturated rings. The number of rotatable bonds is 7. The summed E-state index contributed by atoms with van der Waals surface area (Å²) in [6.45, 7) is 26.1. The highest BCUT2D eigenvalue weighted by atomic mass is 14.0. The molecule has 0 amide bonds. The van der Waals surface area contributed by atoms with Crippen LogP contribution in [0.4, 0.5) is 0 Å². The summed E-state index contributed by atoms with van der Waals surface area (Å²) in [5.74, 6) is 0. The van der Waals surface area contributed by atoms with Gasteiger partial charge in [-0.3, -0.25) is 0 Å². The predicted molar refractivity (Wildman–Crippen MR) is 150 cm³/mol. The molecule has 0 heteroatoms. The molecular formula is C32H32. The molecule has 0 aliphatic carbocycles. The third-order valence-electron chi connectivity index (χ3n) is 4.67. The average molecular weight is 417 g/mol. The first-order valence-corrected chi connectivity index (χ1v) is 10.3. The van der Waals surface area contributed by atoms with Crippen LogP contribution in [0.25, 0.3) is 42.5 Å². The third-order valence-corrected chi connectivity index (χ3v) is 4.67. The van der Waals surface area contributed by atoms with Crippen molar-refractivity contribution in [2.24, 2.45) is 0 Å². The maximum Gasteiger partial charge on any atom is -0.0118 e. The maximum absolute atomic E-state index is 3.75. The molecule has 3 aromatic carbocycles. The average Bonchev–Trinajstić information content (AvgIpc) is 2.88. The summed E-state index contributed by atoms with van der Waals surface area (Å²) in [5, 5.41) is 0. The summed E-state index contributed by atoms with van der Waals surface area (Å²) >= 11 is 0. The SMILES string of the molecule is C=Cc1cccc(C=C)c1C=C.C=Cc1cccc(C=C)c1C=C.C=Cc1ccccc1. The first-order chi connectivity index (χ1) is 15.6. The Hall–Kier alpha value is -4.16. The van der Waals surface area contributed by atoms with E-state index in [2.05, 4.69) is 46.1 Å². The van der Waals surface area contributed by atoms with Crippen molar-refractivity contribution in [3.63, 3.8) is 0 Å². The highest BCUT2D eigenvalue weighted by molar-refractivity contribution is 5.73. The van der Waals surface area contributed by atoms with Crippen LogP contribution in [0.2, 0.25) is 0 Å². The van der Waals surface area contributed by atoms with Crippen LogP contribution in [0.3, 0.4) is 0 Å². The van der Waals surface area contributed by atoms with E-state index in [1.807, 2.05) is 109 Å². The summed E-state index contributed by atoms with van der Waals surface area (Å²) in [4.78, 5) is 0. The molecule has 0 nitrogen and oxygen atoms in total. The molecule has 0 N–H and O–H groups in total. The first kappa shape index (κ1) is 25.9. The molecule has 0 atom stereocenters. The Kier molecular flexibility index (Phi) is 11.9. The van der Waals surface area contributed by atoms with Crippen molar-refractivity contribution < 1.29 is 0 Å². The molecule has 160 valence electrons. The summed E-state index contributed by atoms with van der Waals surface area (Å²) in [7, 11) is 0. The molecule has 0 heterocycles. The van der Waals surface area contributed by atoms with Gasteiger partial charge in [-0.15, -0.1) is 0 Å². The fourth-order valence-electron chi connectivity index (χ4n) is 2.98.